The summed E-state index contributed by atoms with van der Waals surface area (Å²) in [5.74, 6) is 0.904. The van der Waals surface area contributed by atoms with Gasteiger partial charge in [0, 0.05) is 12.1 Å². The van der Waals surface area contributed by atoms with E-state index in [2.05, 4.69) is 11.8 Å². The van der Waals surface area contributed by atoms with Gasteiger partial charge in [-0.15, -0.1) is 0 Å². The lowest BCUT2D eigenvalue weighted by atomic mass is 10.1. The van der Waals surface area contributed by atoms with E-state index in [4.69, 9.17) is 4.74 Å². The van der Waals surface area contributed by atoms with Crippen LogP contribution in [0.15, 0.2) is 18.2 Å². The third kappa shape index (κ3) is 1.90. The first kappa shape index (κ1) is 11.0. The van der Waals surface area contributed by atoms with E-state index in [1.54, 1.807) is 6.92 Å². The van der Waals surface area contributed by atoms with E-state index in [1.165, 1.54) is 0 Å². The van der Waals surface area contributed by atoms with Gasteiger partial charge in [-0.2, -0.15) is 0 Å². The number of rotatable bonds is 2. The normalized spacial score (nSPS) is 18.9. The first-order chi connectivity index (χ1) is 7.61. The average molecular weight is 219 g/mol. The Morgan fingerprint density at radius 3 is 2.94 bits per heavy atom. The first-order valence-electron chi connectivity index (χ1n) is 5.68. The Bertz CT molecular complexity index is 414. The lowest BCUT2D eigenvalue weighted by Crippen LogP contribution is -2.38. The van der Waals surface area contributed by atoms with Gasteiger partial charge in [0.15, 0.2) is 5.78 Å². The van der Waals surface area contributed by atoms with Crippen molar-refractivity contribution in [3.63, 3.8) is 0 Å². The van der Waals surface area contributed by atoms with Crippen LogP contribution in [-0.4, -0.2) is 25.0 Å². The molecule has 0 aliphatic carbocycles. The van der Waals surface area contributed by atoms with Crippen LogP contribution >= 0.6 is 0 Å². The molecule has 3 nitrogen and oxygen atoms in total. The number of Topliss-reactive ketones (excluding diaryl/α,β-unsaturated/α-hetero) is 1. The highest BCUT2D eigenvalue weighted by Crippen LogP contribution is 2.34. The van der Waals surface area contributed by atoms with Crippen LogP contribution in [0.5, 0.6) is 5.75 Å². The van der Waals surface area contributed by atoms with Crippen LogP contribution in [0, 0.1) is 0 Å². The molecule has 0 saturated carbocycles. The lowest BCUT2D eigenvalue weighted by molar-refractivity contribution is 0.101. The molecule has 0 radical (unpaired) electrons. The number of anilines is 1. The fraction of sp³-hybridized carbons (Fsp3) is 0.462. The quantitative estimate of drug-likeness (QED) is 0.716. The fourth-order valence-electron chi connectivity index (χ4n) is 2.05. The number of ketones is 1. The standard InChI is InChI=1S/C13H17NO2/c1-4-14-8-9(2)16-13-7-11(10(3)15)5-6-12(13)14/h5-7,9H,4,8H2,1-3H3. The number of carbonyl (C=O) groups is 1. The molecule has 0 amide bonds. The van der Waals surface area contributed by atoms with Gasteiger partial charge in [-0.25, -0.2) is 0 Å². The van der Waals surface area contributed by atoms with E-state index in [9.17, 15) is 4.79 Å². The van der Waals surface area contributed by atoms with Crippen molar-refractivity contribution in [2.24, 2.45) is 0 Å². The number of nitrogens with zero attached hydrogens (tertiary/aromatic N) is 1. The molecule has 1 aliphatic rings. The van der Waals surface area contributed by atoms with Crippen molar-refractivity contribution in [1.82, 2.24) is 0 Å². The summed E-state index contributed by atoms with van der Waals surface area (Å²) >= 11 is 0. The molecule has 1 atom stereocenters. The van der Waals surface area contributed by atoms with Gasteiger partial charge in [0.05, 0.1) is 12.2 Å². The minimum atomic E-state index is 0.0766. The summed E-state index contributed by atoms with van der Waals surface area (Å²) in [6.07, 6.45) is 0.176. The van der Waals surface area contributed by atoms with Crippen LogP contribution in [0.2, 0.25) is 0 Å². The molecular weight excluding hydrogens is 202 g/mol. The zero-order chi connectivity index (χ0) is 11.7. The maximum absolute atomic E-state index is 11.3. The molecule has 1 heterocycles. The Hall–Kier alpha value is -1.51. The molecule has 1 aliphatic heterocycles. The van der Waals surface area contributed by atoms with E-state index in [0.717, 1.165) is 24.5 Å². The molecule has 86 valence electrons. The molecule has 0 bridgehead atoms. The minimum Gasteiger partial charge on any atom is -0.487 e. The summed E-state index contributed by atoms with van der Waals surface area (Å²) in [5.41, 5.74) is 1.80. The van der Waals surface area contributed by atoms with E-state index in [-0.39, 0.29) is 11.9 Å². The Balaban J connectivity index is 2.42. The lowest BCUT2D eigenvalue weighted by Gasteiger charge is -2.34. The van der Waals surface area contributed by atoms with E-state index in [1.807, 2.05) is 25.1 Å². The molecular formula is C13H17NO2. The Labute approximate surface area is 96.0 Å². The molecule has 0 fully saturated rings. The van der Waals surface area contributed by atoms with Gasteiger partial charge in [0.25, 0.3) is 0 Å². The molecule has 0 N–H and O–H groups in total. The summed E-state index contributed by atoms with van der Waals surface area (Å²) in [5, 5.41) is 0. The largest absolute Gasteiger partial charge is 0.487 e. The monoisotopic (exact) mass is 219 g/mol. The third-order valence-corrected chi connectivity index (χ3v) is 2.89. The Kier molecular flexibility index (Phi) is 2.86. The maximum atomic E-state index is 11.3. The predicted octanol–water partition coefficient (Wildman–Crippen LogP) is 2.50. The molecule has 1 aromatic rings. The number of benzene rings is 1. The number of ether oxygens (including phenoxy) is 1. The predicted molar refractivity (Wildman–Crippen MR) is 64.4 cm³/mol. The van der Waals surface area contributed by atoms with Gasteiger partial charge >= 0.3 is 0 Å². The summed E-state index contributed by atoms with van der Waals surface area (Å²) < 4.78 is 5.76. The van der Waals surface area contributed by atoms with Crippen molar-refractivity contribution in [2.75, 3.05) is 18.0 Å². The smallest absolute Gasteiger partial charge is 0.159 e. The summed E-state index contributed by atoms with van der Waals surface area (Å²) in [6.45, 7) is 7.61. The molecule has 3 heteroatoms. The van der Waals surface area contributed by atoms with E-state index >= 15 is 0 Å². The fourth-order valence-corrected chi connectivity index (χ4v) is 2.05. The Morgan fingerprint density at radius 1 is 1.56 bits per heavy atom. The van der Waals surface area contributed by atoms with Gasteiger partial charge in [-0.05, 0) is 39.0 Å². The molecule has 0 aromatic heterocycles. The van der Waals surface area contributed by atoms with Crippen LogP contribution in [0.4, 0.5) is 5.69 Å². The summed E-state index contributed by atoms with van der Waals surface area (Å²) in [7, 11) is 0. The average Bonchev–Trinajstić information content (AvgIpc) is 2.26. The highest BCUT2D eigenvalue weighted by molar-refractivity contribution is 5.95. The number of fused-ring (bicyclic) bond motifs is 1. The minimum absolute atomic E-state index is 0.0766. The first-order valence-corrected chi connectivity index (χ1v) is 5.68. The van der Waals surface area contributed by atoms with Gasteiger partial charge in [-0.3, -0.25) is 4.79 Å². The van der Waals surface area contributed by atoms with E-state index < -0.39 is 0 Å². The molecule has 0 spiro atoms. The maximum Gasteiger partial charge on any atom is 0.159 e. The molecule has 1 aromatic carbocycles. The number of hydrogen-bond donors (Lipinski definition) is 0. The SMILES string of the molecule is CCN1CC(C)Oc2cc(C(C)=O)ccc21. The summed E-state index contributed by atoms with van der Waals surface area (Å²) in [4.78, 5) is 13.6. The molecule has 1 unspecified atom stereocenters. The van der Waals surface area contributed by atoms with Crippen molar-refractivity contribution in [1.29, 1.82) is 0 Å². The van der Waals surface area contributed by atoms with Crippen LogP contribution < -0.4 is 9.64 Å². The Morgan fingerprint density at radius 2 is 2.31 bits per heavy atom. The highest BCUT2D eigenvalue weighted by atomic mass is 16.5. The zero-order valence-corrected chi connectivity index (χ0v) is 9.99. The van der Waals surface area contributed by atoms with Crippen molar-refractivity contribution < 1.29 is 9.53 Å². The van der Waals surface area contributed by atoms with Crippen molar-refractivity contribution >= 4 is 11.5 Å². The second-order valence-electron chi connectivity index (χ2n) is 4.21. The second kappa shape index (κ2) is 4.16. The van der Waals surface area contributed by atoms with Crippen LogP contribution in [0.1, 0.15) is 31.1 Å². The van der Waals surface area contributed by atoms with Crippen molar-refractivity contribution in [2.45, 2.75) is 26.9 Å². The van der Waals surface area contributed by atoms with Gasteiger partial charge in [0.1, 0.15) is 11.9 Å². The number of carbonyl (C=O) groups excluding carboxylic acids is 1. The topological polar surface area (TPSA) is 29.5 Å². The van der Waals surface area contributed by atoms with Gasteiger partial charge in [0.2, 0.25) is 0 Å². The van der Waals surface area contributed by atoms with Crippen LogP contribution in [-0.2, 0) is 0 Å². The van der Waals surface area contributed by atoms with Crippen LogP contribution in [0.25, 0.3) is 0 Å². The zero-order valence-electron chi connectivity index (χ0n) is 9.99. The number of hydrogen-bond acceptors (Lipinski definition) is 3. The van der Waals surface area contributed by atoms with Crippen LogP contribution in [0.3, 0.4) is 0 Å². The number of likely N-dealkylation sites (N-methyl/N-ethyl adjacent to an activating group) is 1. The highest BCUT2D eigenvalue weighted by Gasteiger charge is 2.22. The van der Waals surface area contributed by atoms with Crippen molar-refractivity contribution in [3.8, 4) is 5.75 Å². The van der Waals surface area contributed by atoms with Gasteiger partial charge in [-0.1, -0.05) is 0 Å². The molecule has 16 heavy (non-hydrogen) atoms. The second-order valence-corrected chi connectivity index (χ2v) is 4.21. The molecule has 2 rings (SSSR count). The third-order valence-electron chi connectivity index (χ3n) is 2.89. The van der Waals surface area contributed by atoms with E-state index in [0.29, 0.717) is 5.56 Å². The van der Waals surface area contributed by atoms with Crippen molar-refractivity contribution in [3.05, 3.63) is 23.8 Å². The van der Waals surface area contributed by atoms with Gasteiger partial charge < -0.3 is 9.64 Å². The summed E-state index contributed by atoms with van der Waals surface area (Å²) in [6, 6.07) is 5.68. The molecule has 0 saturated heterocycles.